The highest BCUT2D eigenvalue weighted by Crippen LogP contribution is 2.15. The van der Waals surface area contributed by atoms with Crippen molar-refractivity contribution in [1.82, 2.24) is 0 Å². The van der Waals surface area contributed by atoms with Crippen molar-refractivity contribution >= 4 is 11.9 Å². The van der Waals surface area contributed by atoms with Crippen molar-refractivity contribution in [3.63, 3.8) is 0 Å². The predicted molar refractivity (Wildman–Crippen MR) is 65.4 cm³/mol. The van der Waals surface area contributed by atoms with Gasteiger partial charge in [-0.25, -0.2) is 9.59 Å². The summed E-state index contributed by atoms with van der Waals surface area (Å²) in [4.78, 5) is 22.0. The number of hydrogen-bond acceptors (Lipinski definition) is 4. The summed E-state index contributed by atoms with van der Waals surface area (Å²) < 4.78 is 9.31. The molecule has 4 nitrogen and oxygen atoms in total. The van der Waals surface area contributed by atoms with Gasteiger partial charge in [-0.2, -0.15) is 0 Å². The van der Waals surface area contributed by atoms with Crippen LogP contribution in [0.25, 0.3) is 0 Å². The Kier molecular flexibility index (Phi) is 8.11. The third-order valence-corrected chi connectivity index (χ3v) is 2.42. The normalized spacial score (nSPS) is 11.7. The van der Waals surface area contributed by atoms with E-state index in [1.807, 2.05) is 0 Å². The second kappa shape index (κ2) is 8.79. The summed E-state index contributed by atoms with van der Waals surface area (Å²) in [5.41, 5.74) is 1.19. The average molecular weight is 242 g/mol. The van der Waals surface area contributed by atoms with Gasteiger partial charge in [0.1, 0.15) is 0 Å². The molecule has 1 unspecified atom stereocenters. The number of esters is 2. The maximum absolute atomic E-state index is 11.1. The minimum Gasteiger partial charge on any atom is -0.458 e. The Morgan fingerprint density at radius 3 is 2.29 bits per heavy atom. The summed E-state index contributed by atoms with van der Waals surface area (Å²) in [6.45, 7) is 10.1. The van der Waals surface area contributed by atoms with E-state index in [2.05, 4.69) is 25.2 Å². The average Bonchev–Trinajstić information content (AvgIpc) is 2.28. The molecule has 0 N–H and O–H groups in total. The monoisotopic (exact) mass is 242 g/mol. The smallest absolute Gasteiger partial charge is 0.417 e. The van der Waals surface area contributed by atoms with Crippen LogP contribution < -0.4 is 0 Å². The van der Waals surface area contributed by atoms with Gasteiger partial charge in [0, 0.05) is 0 Å². The molecular formula is C13H22O4. The van der Waals surface area contributed by atoms with Gasteiger partial charge in [-0.1, -0.05) is 26.0 Å². The molecule has 0 aliphatic carbocycles. The lowest BCUT2D eigenvalue weighted by Gasteiger charge is -2.12. The lowest BCUT2D eigenvalue weighted by atomic mass is 9.98. The molecule has 0 rings (SSSR count). The number of rotatable bonds is 7. The summed E-state index contributed by atoms with van der Waals surface area (Å²) in [5, 5.41) is 0. The number of carbonyl (C=O) groups excluding carboxylic acids is 2. The molecule has 0 aromatic heterocycles. The quantitative estimate of drug-likeness (QED) is 0.391. The highest BCUT2D eigenvalue weighted by molar-refractivity contribution is 6.29. The first-order valence-corrected chi connectivity index (χ1v) is 6.01. The van der Waals surface area contributed by atoms with E-state index in [4.69, 9.17) is 4.74 Å². The van der Waals surface area contributed by atoms with E-state index in [9.17, 15) is 9.59 Å². The molecule has 0 saturated carbocycles. The van der Waals surface area contributed by atoms with Crippen molar-refractivity contribution in [2.24, 2.45) is 5.92 Å². The van der Waals surface area contributed by atoms with E-state index in [0.29, 0.717) is 5.92 Å². The van der Waals surface area contributed by atoms with Gasteiger partial charge in [0.25, 0.3) is 0 Å². The van der Waals surface area contributed by atoms with Gasteiger partial charge >= 0.3 is 11.9 Å². The largest absolute Gasteiger partial charge is 0.458 e. The molecule has 1 atom stereocenters. The summed E-state index contributed by atoms with van der Waals surface area (Å²) >= 11 is 0. The van der Waals surface area contributed by atoms with Crippen LogP contribution in [-0.2, 0) is 19.1 Å². The van der Waals surface area contributed by atoms with Crippen LogP contribution in [0.3, 0.4) is 0 Å². The fraction of sp³-hybridized carbons (Fsp3) is 0.692. The number of ether oxygens (including phenoxy) is 2. The standard InChI is InChI=1S/C13H22O4/c1-5-10(3)9-11(4)7-8-17-13(15)12(14)16-6-2/h11H,3,5-9H2,1-2,4H3. The highest BCUT2D eigenvalue weighted by atomic mass is 16.6. The van der Waals surface area contributed by atoms with E-state index in [-0.39, 0.29) is 13.2 Å². The molecule has 0 aromatic rings. The van der Waals surface area contributed by atoms with Crippen molar-refractivity contribution in [1.29, 1.82) is 0 Å². The lowest BCUT2D eigenvalue weighted by Crippen LogP contribution is -2.21. The van der Waals surface area contributed by atoms with Gasteiger partial charge in [0.15, 0.2) is 0 Å². The van der Waals surface area contributed by atoms with E-state index in [1.165, 1.54) is 5.57 Å². The summed E-state index contributed by atoms with van der Waals surface area (Å²) in [5.74, 6) is -1.43. The Balaban J connectivity index is 3.72. The zero-order chi connectivity index (χ0) is 13.3. The molecule has 0 saturated heterocycles. The molecule has 0 spiro atoms. The van der Waals surface area contributed by atoms with Crippen molar-refractivity contribution in [3.8, 4) is 0 Å². The van der Waals surface area contributed by atoms with Crippen LogP contribution in [0.1, 0.15) is 40.0 Å². The molecule has 0 radical (unpaired) electrons. The minimum atomic E-state index is -0.918. The van der Waals surface area contributed by atoms with Gasteiger partial charge < -0.3 is 9.47 Å². The Hall–Kier alpha value is -1.32. The first kappa shape index (κ1) is 15.7. The fourth-order valence-electron chi connectivity index (χ4n) is 1.34. The lowest BCUT2D eigenvalue weighted by molar-refractivity contribution is -0.167. The van der Waals surface area contributed by atoms with Crippen LogP contribution in [0.4, 0.5) is 0 Å². The molecule has 0 fully saturated rings. The van der Waals surface area contributed by atoms with E-state index >= 15 is 0 Å². The molecule has 0 amide bonds. The van der Waals surface area contributed by atoms with Gasteiger partial charge in [-0.05, 0) is 32.1 Å². The van der Waals surface area contributed by atoms with E-state index in [0.717, 1.165) is 19.3 Å². The van der Waals surface area contributed by atoms with Crippen LogP contribution in [0.5, 0.6) is 0 Å². The minimum absolute atomic E-state index is 0.181. The number of carbonyl (C=O) groups is 2. The third kappa shape index (κ3) is 7.55. The zero-order valence-corrected chi connectivity index (χ0v) is 11.0. The zero-order valence-electron chi connectivity index (χ0n) is 11.0. The summed E-state index contributed by atoms with van der Waals surface area (Å²) in [7, 11) is 0. The summed E-state index contributed by atoms with van der Waals surface area (Å²) in [6, 6.07) is 0. The van der Waals surface area contributed by atoms with Crippen LogP contribution in [0.2, 0.25) is 0 Å². The van der Waals surface area contributed by atoms with Crippen LogP contribution in [-0.4, -0.2) is 25.2 Å². The van der Waals surface area contributed by atoms with E-state index < -0.39 is 11.9 Å². The van der Waals surface area contributed by atoms with Crippen molar-refractivity contribution in [2.75, 3.05) is 13.2 Å². The Labute approximate surface area is 103 Å². The molecule has 0 bridgehead atoms. The van der Waals surface area contributed by atoms with Gasteiger partial charge in [-0.15, -0.1) is 0 Å². The van der Waals surface area contributed by atoms with Crippen molar-refractivity contribution in [3.05, 3.63) is 12.2 Å². The molecular weight excluding hydrogens is 220 g/mol. The van der Waals surface area contributed by atoms with Crippen LogP contribution in [0, 0.1) is 5.92 Å². The maximum Gasteiger partial charge on any atom is 0.417 e. The van der Waals surface area contributed by atoms with Gasteiger partial charge in [0.05, 0.1) is 13.2 Å². The first-order valence-electron chi connectivity index (χ1n) is 6.01. The Bertz CT molecular complexity index is 271. The second-order valence-corrected chi connectivity index (χ2v) is 4.06. The topological polar surface area (TPSA) is 52.6 Å². The van der Waals surface area contributed by atoms with Crippen molar-refractivity contribution in [2.45, 2.75) is 40.0 Å². The molecule has 0 heterocycles. The van der Waals surface area contributed by atoms with Crippen LogP contribution in [0.15, 0.2) is 12.2 Å². The second-order valence-electron chi connectivity index (χ2n) is 4.06. The Morgan fingerprint density at radius 1 is 1.18 bits per heavy atom. The highest BCUT2D eigenvalue weighted by Gasteiger charge is 2.16. The summed E-state index contributed by atoms with van der Waals surface area (Å²) in [6.07, 6.45) is 2.62. The maximum atomic E-state index is 11.1. The Morgan fingerprint density at radius 2 is 1.76 bits per heavy atom. The SMILES string of the molecule is C=C(CC)CC(C)CCOC(=O)C(=O)OCC. The molecule has 0 aromatic carbocycles. The van der Waals surface area contributed by atoms with Crippen LogP contribution >= 0.6 is 0 Å². The molecule has 0 aliphatic heterocycles. The molecule has 4 heteroatoms. The first-order chi connectivity index (χ1) is 8.01. The fourth-order valence-corrected chi connectivity index (χ4v) is 1.34. The molecule has 98 valence electrons. The van der Waals surface area contributed by atoms with Crippen molar-refractivity contribution < 1.29 is 19.1 Å². The molecule has 0 aliphatic rings. The predicted octanol–water partition coefficient (Wildman–Crippen LogP) is 2.48. The van der Waals surface area contributed by atoms with E-state index in [1.54, 1.807) is 6.92 Å². The van der Waals surface area contributed by atoms with Gasteiger partial charge in [-0.3, -0.25) is 0 Å². The van der Waals surface area contributed by atoms with Gasteiger partial charge in [0.2, 0.25) is 0 Å². The third-order valence-electron chi connectivity index (χ3n) is 2.42. The number of allylic oxidation sites excluding steroid dienone is 1. The number of hydrogen-bond donors (Lipinski definition) is 0. The molecule has 17 heavy (non-hydrogen) atoms.